The van der Waals surface area contributed by atoms with E-state index in [1.165, 1.54) is 54.7 Å². The van der Waals surface area contributed by atoms with Gasteiger partial charge in [0.1, 0.15) is 11.6 Å². The number of amides is 1. The predicted molar refractivity (Wildman–Crippen MR) is 111 cm³/mol. The van der Waals surface area contributed by atoms with E-state index in [9.17, 15) is 23.5 Å². The average molecular weight is 436 g/mol. The third kappa shape index (κ3) is 3.71. The van der Waals surface area contributed by atoms with Gasteiger partial charge in [-0.25, -0.2) is 8.78 Å². The highest BCUT2D eigenvalue weighted by molar-refractivity contribution is 6.46. The lowest BCUT2D eigenvalue weighted by atomic mass is 9.94. The van der Waals surface area contributed by atoms with Crippen LogP contribution in [0.4, 0.5) is 8.78 Å². The lowest BCUT2D eigenvalue weighted by Gasteiger charge is -2.25. The summed E-state index contributed by atoms with van der Waals surface area (Å²) >= 11 is 0. The molecule has 2 aromatic carbocycles. The molecule has 1 aliphatic heterocycles. The second kappa shape index (κ2) is 8.58. The zero-order valence-corrected chi connectivity index (χ0v) is 17.0. The molecule has 0 bridgehead atoms. The van der Waals surface area contributed by atoms with Gasteiger partial charge < -0.3 is 14.7 Å². The molecular weight excluding hydrogens is 418 g/mol. The third-order valence-electron chi connectivity index (χ3n) is 5.27. The number of benzene rings is 2. The fourth-order valence-electron chi connectivity index (χ4n) is 3.72. The molecule has 0 spiro atoms. The molecule has 0 saturated carbocycles. The van der Waals surface area contributed by atoms with Crippen LogP contribution in [0.25, 0.3) is 5.76 Å². The minimum atomic E-state index is -1.20. The van der Waals surface area contributed by atoms with E-state index in [2.05, 4.69) is 4.98 Å². The van der Waals surface area contributed by atoms with Gasteiger partial charge in [-0.2, -0.15) is 0 Å². The van der Waals surface area contributed by atoms with Crippen LogP contribution in [0.2, 0.25) is 0 Å². The molecule has 1 fully saturated rings. The van der Waals surface area contributed by atoms with E-state index in [-0.39, 0.29) is 29.0 Å². The molecule has 0 aliphatic carbocycles. The van der Waals surface area contributed by atoms with E-state index in [4.69, 9.17) is 4.74 Å². The summed E-state index contributed by atoms with van der Waals surface area (Å²) in [5.41, 5.74) is 0.347. The molecule has 8 heteroatoms. The number of rotatable bonds is 5. The van der Waals surface area contributed by atoms with Crippen LogP contribution >= 0.6 is 0 Å². The van der Waals surface area contributed by atoms with Gasteiger partial charge in [-0.05, 0) is 42.0 Å². The van der Waals surface area contributed by atoms with E-state index >= 15 is 0 Å². The number of ketones is 1. The Labute approximate surface area is 182 Å². The third-order valence-corrected chi connectivity index (χ3v) is 5.27. The summed E-state index contributed by atoms with van der Waals surface area (Å²) in [4.78, 5) is 31.0. The molecule has 3 aromatic rings. The van der Waals surface area contributed by atoms with Crippen molar-refractivity contribution in [3.63, 3.8) is 0 Å². The number of carbonyl (C=O) groups is 2. The number of Topliss-reactive ketones (excluding diaryl/α,β-unsaturated/α-hetero) is 1. The Morgan fingerprint density at radius 3 is 2.44 bits per heavy atom. The van der Waals surface area contributed by atoms with Gasteiger partial charge in [0.15, 0.2) is 11.6 Å². The number of ether oxygens (including phenoxy) is 1. The first-order chi connectivity index (χ1) is 15.4. The van der Waals surface area contributed by atoms with Crippen LogP contribution in [0.1, 0.15) is 22.7 Å². The highest BCUT2D eigenvalue weighted by atomic mass is 19.1. The Kier molecular flexibility index (Phi) is 5.68. The maximum absolute atomic E-state index is 14.8. The second-order valence-electron chi connectivity index (χ2n) is 7.15. The summed E-state index contributed by atoms with van der Waals surface area (Å²) in [6.45, 7) is -0.0140. The monoisotopic (exact) mass is 436 g/mol. The van der Waals surface area contributed by atoms with Gasteiger partial charge >= 0.3 is 0 Å². The van der Waals surface area contributed by atoms with E-state index in [1.807, 2.05) is 0 Å². The summed E-state index contributed by atoms with van der Waals surface area (Å²) in [5.74, 6) is -3.94. The van der Waals surface area contributed by atoms with Gasteiger partial charge in [0.2, 0.25) is 0 Å². The first kappa shape index (κ1) is 21.2. The van der Waals surface area contributed by atoms with Gasteiger partial charge in [0.25, 0.3) is 11.7 Å². The number of aliphatic hydroxyl groups excluding tert-OH is 1. The summed E-state index contributed by atoms with van der Waals surface area (Å²) in [6, 6.07) is 11.4. The second-order valence-corrected chi connectivity index (χ2v) is 7.15. The van der Waals surface area contributed by atoms with E-state index in [1.54, 1.807) is 18.2 Å². The Bertz CT molecular complexity index is 1230. The highest BCUT2D eigenvalue weighted by Gasteiger charge is 2.47. The normalized spacial score (nSPS) is 17.6. The van der Waals surface area contributed by atoms with Crippen LogP contribution in [0, 0.1) is 11.6 Å². The zero-order valence-electron chi connectivity index (χ0n) is 17.0. The Morgan fingerprint density at radius 1 is 1.06 bits per heavy atom. The number of carbonyl (C=O) groups excluding carboxylic acids is 2. The topological polar surface area (TPSA) is 79.7 Å². The van der Waals surface area contributed by atoms with Crippen molar-refractivity contribution < 1.29 is 28.2 Å². The van der Waals surface area contributed by atoms with Crippen molar-refractivity contribution >= 4 is 17.4 Å². The smallest absolute Gasteiger partial charge is 0.295 e. The molecule has 2 heterocycles. The van der Waals surface area contributed by atoms with Gasteiger partial charge in [-0.1, -0.05) is 18.2 Å². The van der Waals surface area contributed by atoms with E-state index in [0.717, 1.165) is 6.07 Å². The first-order valence-corrected chi connectivity index (χ1v) is 9.68. The number of likely N-dealkylation sites (tertiary alicyclic amines) is 1. The van der Waals surface area contributed by atoms with Crippen molar-refractivity contribution in [1.82, 2.24) is 9.88 Å². The fraction of sp³-hybridized carbons (Fsp3) is 0.125. The summed E-state index contributed by atoms with van der Waals surface area (Å²) in [5, 5.41) is 10.9. The number of aromatic nitrogens is 1. The van der Waals surface area contributed by atoms with Crippen LogP contribution in [0.3, 0.4) is 0 Å². The van der Waals surface area contributed by atoms with E-state index < -0.39 is 35.1 Å². The first-order valence-electron chi connectivity index (χ1n) is 9.68. The van der Waals surface area contributed by atoms with Crippen molar-refractivity contribution in [3.05, 3.63) is 101 Å². The van der Waals surface area contributed by atoms with E-state index in [0.29, 0.717) is 5.56 Å². The minimum Gasteiger partial charge on any atom is -0.507 e. The molecule has 1 unspecified atom stereocenters. The van der Waals surface area contributed by atoms with Crippen molar-refractivity contribution in [2.75, 3.05) is 7.11 Å². The average Bonchev–Trinajstić information content (AvgIpc) is 3.04. The maximum atomic E-state index is 14.8. The molecule has 6 nitrogen and oxygen atoms in total. The molecular formula is C24H18F2N2O4. The van der Waals surface area contributed by atoms with Crippen molar-refractivity contribution in [1.29, 1.82) is 0 Å². The van der Waals surface area contributed by atoms with Crippen molar-refractivity contribution in [2.45, 2.75) is 12.6 Å². The molecule has 1 amide bonds. The molecule has 32 heavy (non-hydrogen) atoms. The highest BCUT2D eigenvalue weighted by Crippen LogP contribution is 2.41. The Hall–Kier alpha value is -4.07. The quantitative estimate of drug-likeness (QED) is 0.372. The van der Waals surface area contributed by atoms with Crippen molar-refractivity contribution in [3.8, 4) is 5.75 Å². The molecule has 1 aliphatic rings. The van der Waals surface area contributed by atoms with Gasteiger partial charge in [0.05, 0.1) is 18.7 Å². The Morgan fingerprint density at radius 2 is 1.78 bits per heavy atom. The van der Waals surface area contributed by atoms with Gasteiger partial charge in [-0.3, -0.25) is 14.6 Å². The molecule has 1 N–H and O–H groups in total. The number of aliphatic hydroxyl groups is 1. The summed E-state index contributed by atoms with van der Waals surface area (Å²) in [6.07, 6.45) is 3.06. The van der Waals surface area contributed by atoms with Crippen LogP contribution in [-0.2, 0) is 16.1 Å². The molecule has 1 atom stereocenters. The maximum Gasteiger partial charge on any atom is 0.295 e. The molecule has 4 rings (SSSR count). The number of methoxy groups -OCH3 is 1. The summed E-state index contributed by atoms with van der Waals surface area (Å²) < 4.78 is 33.9. The fourth-order valence-corrected chi connectivity index (χ4v) is 3.72. The lowest BCUT2D eigenvalue weighted by molar-refractivity contribution is -0.140. The SMILES string of the molecule is COc1ccc(C(O)=C2C(=O)C(=O)N(Cc3ccncc3)C2c2ccccc2F)cc1F. The summed E-state index contributed by atoms with van der Waals surface area (Å²) in [7, 11) is 1.29. The minimum absolute atomic E-state index is 0.0140. The number of hydrogen-bond donors (Lipinski definition) is 1. The molecule has 1 saturated heterocycles. The van der Waals surface area contributed by atoms with Gasteiger partial charge in [0, 0.05) is 30.1 Å². The van der Waals surface area contributed by atoms with Crippen LogP contribution in [0.5, 0.6) is 5.75 Å². The molecule has 1 aromatic heterocycles. The largest absolute Gasteiger partial charge is 0.507 e. The lowest BCUT2D eigenvalue weighted by Crippen LogP contribution is -2.29. The zero-order chi connectivity index (χ0) is 22.8. The Balaban J connectivity index is 1.89. The van der Waals surface area contributed by atoms with Crippen LogP contribution in [-0.4, -0.2) is 33.8 Å². The number of halogens is 2. The molecule has 0 radical (unpaired) electrons. The molecule has 162 valence electrons. The standard InChI is InChI=1S/C24H18F2N2O4/c1-32-19-7-6-15(12-18(19)26)22(29)20-21(16-4-2-3-5-17(16)25)28(24(31)23(20)30)13-14-8-10-27-11-9-14/h2-12,21,29H,13H2,1H3. The van der Waals surface area contributed by atoms with Crippen LogP contribution < -0.4 is 4.74 Å². The number of nitrogens with zero attached hydrogens (tertiary/aromatic N) is 2. The predicted octanol–water partition coefficient (Wildman–Crippen LogP) is 3.99. The van der Waals surface area contributed by atoms with Crippen molar-refractivity contribution in [2.24, 2.45) is 0 Å². The number of hydrogen-bond acceptors (Lipinski definition) is 5. The number of pyridine rings is 1. The van der Waals surface area contributed by atoms with Crippen LogP contribution in [0.15, 0.2) is 72.6 Å². The van der Waals surface area contributed by atoms with Gasteiger partial charge in [-0.15, -0.1) is 0 Å².